The molecule has 26 heavy (non-hydrogen) atoms. The van der Waals surface area contributed by atoms with Crippen molar-refractivity contribution in [3.05, 3.63) is 71.8 Å². The summed E-state index contributed by atoms with van der Waals surface area (Å²) in [5.41, 5.74) is 4.14. The first-order chi connectivity index (χ1) is 11.4. The molecule has 0 saturated carbocycles. The van der Waals surface area contributed by atoms with Crippen molar-refractivity contribution in [3.63, 3.8) is 0 Å². The number of benzene rings is 2. The summed E-state index contributed by atoms with van der Waals surface area (Å²) < 4.78 is 3.58. The zero-order valence-electron chi connectivity index (χ0n) is 15.7. The van der Waals surface area contributed by atoms with Crippen molar-refractivity contribution in [2.75, 3.05) is 0 Å². The smallest absolute Gasteiger partial charge is 0.147 e. The van der Waals surface area contributed by atoms with Crippen LogP contribution < -0.4 is 4.00 Å². The van der Waals surface area contributed by atoms with Crippen LogP contribution in [-0.2, 0) is 14.8 Å². The molecule has 3 aromatic rings. The van der Waals surface area contributed by atoms with Gasteiger partial charge in [0, 0.05) is 0 Å². The van der Waals surface area contributed by atoms with Crippen LogP contribution in [0.1, 0.15) is 29.2 Å². The number of hydrogen-bond acceptors (Lipinski definition) is 0. The van der Waals surface area contributed by atoms with E-state index in [4.69, 9.17) is 0 Å². The molecule has 0 saturated heterocycles. The van der Waals surface area contributed by atoms with Crippen LogP contribution in [0.3, 0.4) is 0 Å². The Labute approximate surface area is 169 Å². The van der Waals surface area contributed by atoms with E-state index in [1.54, 1.807) is 3.81 Å². The molecule has 0 fully saturated rings. The Balaban J connectivity index is 0.00000121. The molecule has 0 bridgehead atoms. The molecule has 1 N–H and O–H groups in total. The maximum atomic E-state index is 3.80. The molecule has 4 rings (SSSR count). The molecule has 0 spiro atoms. The number of hydrogen-bond donors (Lipinski definition) is 1. The SMILES string of the molecule is C[C](C)=[Ti]([CH3])([CH3])([c]1cc2ccccc2[nH]1)[CH]1C=Cc2ccccc21.Cl.Cl. The molecule has 4 heteroatoms. The van der Waals surface area contributed by atoms with Gasteiger partial charge in [0.15, 0.2) is 0 Å². The molecule has 0 radical (unpaired) electrons. The molecular weight excluding hydrogens is 397 g/mol. The zero-order chi connectivity index (χ0) is 17.0. The first-order valence-corrected chi connectivity index (χ1v) is 14.4. The number of nitrogens with one attached hydrogen (secondary N) is 1. The Kier molecular flexibility index (Phi) is 5.81. The van der Waals surface area contributed by atoms with Gasteiger partial charge in [-0.15, -0.1) is 24.8 Å². The molecule has 2 aromatic carbocycles. The fourth-order valence-electron chi connectivity index (χ4n) is 4.24. The van der Waals surface area contributed by atoms with Crippen LogP contribution in [0.15, 0.2) is 60.7 Å². The largest absolute Gasteiger partial charge is 0.147 e. The quantitative estimate of drug-likeness (QED) is 0.458. The van der Waals surface area contributed by atoms with Crippen molar-refractivity contribution in [3.8, 4) is 0 Å². The van der Waals surface area contributed by atoms with E-state index in [2.05, 4.69) is 96.0 Å². The first kappa shape index (κ1) is 21.2. The fourth-order valence-corrected chi connectivity index (χ4v) is 11.2. The molecule has 1 atom stereocenters. The molecule has 1 aromatic heterocycles. The van der Waals surface area contributed by atoms with E-state index < -0.39 is 14.8 Å². The van der Waals surface area contributed by atoms with E-state index in [9.17, 15) is 0 Å². The van der Waals surface area contributed by atoms with Gasteiger partial charge in [-0.3, -0.25) is 0 Å². The van der Waals surface area contributed by atoms with Crippen LogP contribution in [0.25, 0.3) is 17.0 Å². The summed E-state index contributed by atoms with van der Waals surface area (Å²) in [5.74, 6) is 0. The van der Waals surface area contributed by atoms with Crippen molar-refractivity contribution >= 4 is 49.6 Å². The van der Waals surface area contributed by atoms with Gasteiger partial charge in [-0.2, -0.15) is 0 Å². The standard InChI is InChI=1S/C9H7.C8H6N.C3H6.2CH3.2ClH.Ti/c1-2-5-9-7-3-6-8(9)4-1;1-2-4-8-7(3-1)5-6-9-8;1-3-2;;;;;/h1-7H;1-5,9H;1-2H3;2*1H3;2*1H;. The molecule has 1 unspecified atom stereocenters. The van der Waals surface area contributed by atoms with Crippen molar-refractivity contribution in [2.45, 2.75) is 28.5 Å². The number of rotatable bonds is 2. The third kappa shape index (κ3) is 2.86. The second-order valence-corrected chi connectivity index (χ2v) is 19.4. The molecule has 1 aliphatic carbocycles. The number of H-pyrrole nitrogens is 1. The van der Waals surface area contributed by atoms with E-state index in [1.807, 2.05) is 0 Å². The van der Waals surface area contributed by atoms with Gasteiger partial charge >= 0.3 is 145 Å². The maximum Gasteiger partial charge on any atom is -0.147 e. The van der Waals surface area contributed by atoms with E-state index in [0.29, 0.717) is 4.22 Å². The Morgan fingerprint density at radius 3 is 2.27 bits per heavy atom. The average Bonchev–Trinajstić information content (AvgIpc) is 3.19. The average molecular weight is 424 g/mol. The van der Waals surface area contributed by atoms with Gasteiger partial charge in [0.05, 0.1) is 0 Å². The second-order valence-electron chi connectivity index (χ2n) is 8.23. The fraction of sp³-hybridized carbons (Fsp3) is 0.227. The van der Waals surface area contributed by atoms with Gasteiger partial charge < -0.3 is 0 Å². The number of aromatic nitrogens is 1. The molecule has 0 amide bonds. The monoisotopic (exact) mass is 423 g/mol. The summed E-state index contributed by atoms with van der Waals surface area (Å²) in [7, 11) is 0. The second kappa shape index (κ2) is 7.13. The summed E-state index contributed by atoms with van der Waals surface area (Å²) in [5, 5.41) is 6.48. The van der Waals surface area contributed by atoms with Crippen molar-refractivity contribution in [1.29, 1.82) is 0 Å². The van der Waals surface area contributed by atoms with Crippen molar-refractivity contribution in [1.82, 2.24) is 4.98 Å². The molecular formula is C22H27Cl2NTi. The van der Waals surface area contributed by atoms with E-state index in [-0.39, 0.29) is 24.8 Å². The Morgan fingerprint density at radius 1 is 0.923 bits per heavy atom. The van der Waals surface area contributed by atoms with Crippen LogP contribution in [0.2, 0.25) is 10.5 Å². The summed E-state index contributed by atoms with van der Waals surface area (Å²) in [6.07, 6.45) is 4.78. The number of halogens is 2. The number of aromatic amines is 1. The van der Waals surface area contributed by atoms with Crippen LogP contribution in [0.4, 0.5) is 0 Å². The van der Waals surface area contributed by atoms with Gasteiger partial charge in [0.25, 0.3) is 0 Å². The van der Waals surface area contributed by atoms with Gasteiger partial charge in [0.1, 0.15) is 0 Å². The maximum absolute atomic E-state index is 3.80. The van der Waals surface area contributed by atoms with Crippen LogP contribution in [0.5, 0.6) is 0 Å². The van der Waals surface area contributed by atoms with E-state index >= 15 is 0 Å². The minimum absolute atomic E-state index is 0. The van der Waals surface area contributed by atoms with E-state index in [1.165, 1.54) is 26.0 Å². The molecule has 1 nitrogen and oxygen atoms in total. The zero-order valence-corrected chi connectivity index (χ0v) is 18.9. The Hall–Kier alpha value is -1.12. The normalized spacial score (nSPS) is 16.0. The van der Waals surface area contributed by atoms with Crippen LogP contribution in [-0.4, -0.2) is 8.80 Å². The van der Waals surface area contributed by atoms with Gasteiger partial charge in [0.2, 0.25) is 0 Å². The van der Waals surface area contributed by atoms with Crippen molar-refractivity contribution < 1.29 is 14.8 Å². The number of para-hydroxylation sites is 1. The topological polar surface area (TPSA) is 15.8 Å². The minimum Gasteiger partial charge on any atom is -0.147 e. The van der Waals surface area contributed by atoms with Gasteiger partial charge in [-0.1, -0.05) is 0 Å². The molecule has 0 aliphatic heterocycles. The third-order valence-electron chi connectivity index (χ3n) is 6.63. The third-order valence-corrected chi connectivity index (χ3v) is 18.1. The molecule has 1 heterocycles. The number of allylic oxidation sites excluding steroid dienone is 1. The van der Waals surface area contributed by atoms with Gasteiger partial charge in [-0.25, -0.2) is 0 Å². The summed E-state index contributed by atoms with van der Waals surface area (Å²) in [6, 6.07) is 19.9. The summed E-state index contributed by atoms with van der Waals surface area (Å²) in [6.45, 7) is 4.69. The number of fused-ring (bicyclic) bond motifs is 2. The van der Waals surface area contributed by atoms with Crippen molar-refractivity contribution in [2.24, 2.45) is 0 Å². The Bertz CT molecular complexity index is 1020. The summed E-state index contributed by atoms with van der Waals surface area (Å²) >= 11 is -3.18. The molecule has 138 valence electrons. The molecule has 1 aliphatic rings. The van der Waals surface area contributed by atoms with Crippen LogP contribution >= 0.6 is 24.8 Å². The van der Waals surface area contributed by atoms with E-state index in [0.717, 1.165) is 0 Å². The predicted octanol–water partition coefficient (Wildman–Crippen LogP) is 6.40. The Morgan fingerprint density at radius 2 is 1.58 bits per heavy atom. The van der Waals surface area contributed by atoms with Gasteiger partial charge in [-0.05, 0) is 0 Å². The predicted molar refractivity (Wildman–Crippen MR) is 119 cm³/mol. The minimum atomic E-state index is -3.18. The first-order valence-electron chi connectivity index (χ1n) is 8.76. The summed E-state index contributed by atoms with van der Waals surface area (Å²) in [4.78, 5) is 3.80. The van der Waals surface area contributed by atoms with Crippen LogP contribution in [0, 0.1) is 0 Å².